The van der Waals surface area contributed by atoms with Crippen LogP contribution in [0.4, 0.5) is 0 Å². The van der Waals surface area contributed by atoms with Crippen LogP contribution in [0.15, 0.2) is 12.2 Å². The molecule has 84 valence electrons. The van der Waals surface area contributed by atoms with Gasteiger partial charge in [0.1, 0.15) is 6.10 Å². The molecule has 3 heteroatoms. The van der Waals surface area contributed by atoms with E-state index in [1.165, 1.54) is 19.3 Å². The van der Waals surface area contributed by atoms with Crippen molar-refractivity contribution in [2.24, 2.45) is 0 Å². The van der Waals surface area contributed by atoms with Gasteiger partial charge in [0.2, 0.25) is 0 Å². The Balaban J connectivity index is 1.74. The third-order valence-corrected chi connectivity index (χ3v) is 3.70. The van der Waals surface area contributed by atoms with Gasteiger partial charge in [0.15, 0.2) is 5.79 Å². The topological polar surface area (TPSA) is 38.7 Å². The molecule has 1 spiro atoms. The molecule has 0 unspecified atom stereocenters. The van der Waals surface area contributed by atoms with Crippen molar-refractivity contribution in [2.45, 2.75) is 62.6 Å². The normalized spacial score (nSPS) is 43.1. The lowest BCUT2D eigenvalue weighted by Gasteiger charge is -2.31. The van der Waals surface area contributed by atoms with Gasteiger partial charge in [-0.25, -0.2) is 0 Å². The molecule has 0 amide bonds. The Labute approximate surface area is 90.1 Å². The third-order valence-electron chi connectivity index (χ3n) is 3.70. The first-order valence-electron chi connectivity index (χ1n) is 5.99. The van der Waals surface area contributed by atoms with Gasteiger partial charge in [-0.05, 0) is 12.8 Å². The molecule has 0 bridgehead atoms. The highest BCUT2D eigenvalue weighted by atomic mass is 16.8. The van der Waals surface area contributed by atoms with Crippen molar-refractivity contribution in [2.75, 3.05) is 0 Å². The molecule has 1 saturated heterocycles. The van der Waals surface area contributed by atoms with Crippen LogP contribution in [0.5, 0.6) is 0 Å². The molecule has 0 aromatic rings. The van der Waals surface area contributed by atoms with Crippen molar-refractivity contribution < 1.29 is 14.6 Å². The van der Waals surface area contributed by atoms with E-state index in [0.29, 0.717) is 6.42 Å². The zero-order chi connectivity index (χ0) is 10.3. The molecular weight excluding hydrogens is 192 g/mol. The van der Waals surface area contributed by atoms with Gasteiger partial charge in [-0.15, -0.1) is 0 Å². The lowest BCUT2D eigenvalue weighted by Crippen LogP contribution is -2.33. The summed E-state index contributed by atoms with van der Waals surface area (Å²) in [5, 5.41) is 9.52. The van der Waals surface area contributed by atoms with Crippen LogP contribution in [-0.4, -0.2) is 29.2 Å². The maximum Gasteiger partial charge on any atom is 0.169 e. The summed E-state index contributed by atoms with van der Waals surface area (Å²) >= 11 is 0. The summed E-state index contributed by atoms with van der Waals surface area (Å²) in [4.78, 5) is 0. The number of ether oxygens (including phenoxy) is 2. The summed E-state index contributed by atoms with van der Waals surface area (Å²) in [5.41, 5.74) is 0. The van der Waals surface area contributed by atoms with E-state index < -0.39 is 0 Å². The quantitative estimate of drug-likeness (QED) is 0.619. The van der Waals surface area contributed by atoms with Gasteiger partial charge >= 0.3 is 0 Å². The van der Waals surface area contributed by atoms with Crippen LogP contribution >= 0.6 is 0 Å². The summed E-state index contributed by atoms with van der Waals surface area (Å²) in [6, 6.07) is 0. The molecule has 2 aliphatic carbocycles. The Bertz CT molecular complexity index is 268. The maximum absolute atomic E-state index is 9.52. The van der Waals surface area contributed by atoms with Crippen molar-refractivity contribution in [3.63, 3.8) is 0 Å². The lowest BCUT2D eigenvalue weighted by atomic mass is 9.94. The maximum atomic E-state index is 9.52. The van der Waals surface area contributed by atoms with Gasteiger partial charge in [-0.2, -0.15) is 0 Å². The van der Waals surface area contributed by atoms with Gasteiger partial charge in [-0.1, -0.05) is 18.6 Å². The molecule has 0 aromatic carbocycles. The summed E-state index contributed by atoms with van der Waals surface area (Å²) in [6.07, 6.45) is 9.99. The summed E-state index contributed by atoms with van der Waals surface area (Å²) in [5.74, 6) is -0.317. The van der Waals surface area contributed by atoms with Crippen molar-refractivity contribution in [1.29, 1.82) is 0 Å². The number of aliphatic hydroxyl groups is 1. The Kier molecular flexibility index (Phi) is 2.34. The molecule has 0 aromatic heterocycles. The fraction of sp³-hybridized carbons (Fsp3) is 0.833. The van der Waals surface area contributed by atoms with E-state index in [4.69, 9.17) is 9.47 Å². The average molecular weight is 210 g/mol. The second kappa shape index (κ2) is 3.58. The predicted molar refractivity (Wildman–Crippen MR) is 55.3 cm³/mol. The van der Waals surface area contributed by atoms with Crippen LogP contribution in [-0.2, 0) is 9.47 Å². The zero-order valence-electron chi connectivity index (χ0n) is 8.89. The van der Waals surface area contributed by atoms with Gasteiger partial charge in [0.05, 0.1) is 12.2 Å². The average Bonchev–Trinajstić information content (AvgIpc) is 2.56. The van der Waals surface area contributed by atoms with E-state index >= 15 is 0 Å². The first kappa shape index (κ1) is 9.82. The molecule has 3 rings (SSSR count). The highest BCUT2D eigenvalue weighted by molar-refractivity contribution is 5.08. The van der Waals surface area contributed by atoms with E-state index in [0.717, 1.165) is 12.8 Å². The minimum absolute atomic E-state index is 0.0723. The molecule has 1 heterocycles. The van der Waals surface area contributed by atoms with Crippen LogP contribution < -0.4 is 0 Å². The van der Waals surface area contributed by atoms with Crippen LogP contribution in [0.25, 0.3) is 0 Å². The van der Waals surface area contributed by atoms with Crippen LogP contribution in [0.1, 0.15) is 38.5 Å². The second-order valence-electron chi connectivity index (χ2n) is 4.90. The van der Waals surface area contributed by atoms with Crippen molar-refractivity contribution in [3.05, 3.63) is 12.2 Å². The number of aliphatic hydroxyl groups excluding tert-OH is 1. The van der Waals surface area contributed by atoms with Gasteiger partial charge in [0, 0.05) is 19.3 Å². The Morgan fingerprint density at radius 1 is 1.07 bits per heavy atom. The van der Waals surface area contributed by atoms with E-state index in [-0.39, 0.29) is 24.1 Å². The van der Waals surface area contributed by atoms with E-state index in [1.54, 1.807) is 0 Å². The lowest BCUT2D eigenvalue weighted by molar-refractivity contribution is -0.191. The Morgan fingerprint density at radius 2 is 1.87 bits per heavy atom. The van der Waals surface area contributed by atoms with E-state index in [1.807, 2.05) is 12.2 Å². The van der Waals surface area contributed by atoms with Crippen molar-refractivity contribution in [1.82, 2.24) is 0 Å². The fourth-order valence-corrected chi connectivity index (χ4v) is 2.92. The third kappa shape index (κ3) is 1.73. The number of hydrogen-bond acceptors (Lipinski definition) is 3. The Morgan fingerprint density at radius 3 is 2.67 bits per heavy atom. The molecular formula is C12H18O3. The molecule has 1 saturated carbocycles. The summed E-state index contributed by atoms with van der Waals surface area (Å²) < 4.78 is 12.1. The van der Waals surface area contributed by atoms with Crippen molar-refractivity contribution >= 4 is 0 Å². The molecule has 3 nitrogen and oxygen atoms in total. The van der Waals surface area contributed by atoms with E-state index in [9.17, 15) is 5.11 Å². The molecule has 1 aliphatic heterocycles. The smallest absolute Gasteiger partial charge is 0.169 e. The molecule has 3 atom stereocenters. The molecule has 3 aliphatic rings. The molecule has 15 heavy (non-hydrogen) atoms. The summed E-state index contributed by atoms with van der Waals surface area (Å²) in [6.45, 7) is 0. The van der Waals surface area contributed by atoms with Crippen molar-refractivity contribution in [3.8, 4) is 0 Å². The van der Waals surface area contributed by atoms with E-state index in [2.05, 4.69) is 0 Å². The number of rotatable bonds is 0. The SMILES string of the molecule is O[C@H]1C=C[C@@H]2OC3(CCCCC3)O[C@@H]2C1. The highest BCUT2D eigenvalue weighted by Crippen LogP contribution is 2.42. The highest BCUT2D eigenvalue weighted by Gasteiger charge is 2.48. The second-order valence-corrected chi connectivity index (χ2v) is 4.90. The number of fused-ring (bicyclic) bond motifs is 1. The molecule has 0 radical (unpaired) electrons. The minimum atomic E-state index is -0.353. The minimum Gasteiger partial charge on any atom is -0.389 e. The van der Waals surface area contributed by atoms with Crippen LogP contribution in [0.2, 0.25) is 0 Å². The number of hydrogen-bond donors (Lipinski definition) is 1. The predicted octanol–water partition coefficient (Wildman–Crippen LogP) is 1.75. The monoisotopic (exact) mass is 210 g/mol. The first-order chi connectivity index (χ1) is 7.27. The first-order valence-corrected chi connectivity index (χ1v) is 5.99. The Hall–Kier alpha value is -0.380. The van der Waals surface area contributed by atoms with Gasteiger partial charge in [0.25, 0.3) is 0 Å². The zero-order valence-corrected chi connectivity index (χ0v) is 8.89. The largest absolute Gasteiger partial charge is 0.389 e. The summed E-state index contributed by atoms with van der Waals surface area (Å²) in [7, 11) is 0. The molecule has 2 fully saturated rings. The van der Waals surface area contributed by atoms with Crippen LogP contribution in [0.3, 0.4) is 0 Å². The fourth-order valence-electron chi connectivity index (χ4n) is 2.92. The van der Waals surface area contributed by atoms with Gasteiger partial charge < -0.3 is 14.6 Å². The molecule has 1 N–H and O–H groups in total. The van der Waals surface area contributed by atoms with Crippen LogP contribution in [0, 0.1) is 0 Å². The van der Waals surface area contributed by atoms with Gasteiger partial charge in [-0.3, -0.25) is 0 Å². The standard InChI is InChI=1S/C12H18O3/c13-9-4-5-10-11(8-9)15-12(14-10)6-2-1-3-7-12/h4-5,9-11,13H,1-3,6-8H2/t9-,10-,11+/m0/s1.